The molecule has 5 heteroatoms. The van der Waals surface area contributed by atoms with Crippen LogP contribution < -0.4 is 9.80 Å². The average Bonchev–Trinajstić information content (AvgIpc) is 2.97. The molecule has 0 saturated carbocycles. The monoisotopic (exact) mass is 302 g/mol. The number of nitrogens with zero attached hydrogens (tertiary/aromatic N) is 2. The van der Waals surface area contributed by atoms with Crippen LogP contribution in [0.4, 0.5) is 10.7 Å². The number of aromatic carboxylic acids is 1. The molecule has 0 bridgehead atoms. The molecule has 1 fully saturated rings. The Hall–Kier alpha value is -2.01. The summed E-state index contributed by atoms with van der Waals surface area (Å²) < 4.78 is 0. The van der Waals surface area contributed by atoms with Crippen LogP contribution in [0.25, 0.3) is 0 Å². The van der Waals surface area contributed by atoms with E-state index in [4.69, 9.17) is 5.11 Å². The third kappa shape index (κ3) is 3.03. The zero-order chi connectivity index (χ0) is 14.8. The molecule has 1 aromatic heterocycles. The second-order valence-corrected chi connectivity index (χ2v) is 6.32. The number of piperazine rings is 1. The Morgan fingerprint density at radius 1 is 1.10 bits per heavy atom. The molecule has 1 aliphatic rings. The van der Waals surface area contributed by atoms with Crippen LogP contribution in [0.5, 0.6) is 0 Å². The summed E-state index contributed by atoms with van der Waals surface area (Å²) in [6.07, 6.45) is 0. The minimum atomic E-state index is -0.843. The number of carboxylic acids is 1. The van der Waals surface area contributed by atoms with Crippen molar-refractivity contribution in [1.29, 1.82) is 0 Å². The topological polar surface area (TPSA) is 43.8 Å². The van der Waals surface area contributed by atoms with E-state index in [1.165, 1.54) is 22.6 Å². The molecular formula is C16H18N2O2S. The van der Waals surface area contributed by atoms with Crippen molar-refractivity contribution in [2.24, 2.45) is 0 Å². The van der Waals surface area contributed by atoms with Crippen molar-refractivity contribution in [1.82, 2.24) is 0 Å². The van der Waals surface area contributed by atoms with Gasteiger partial charge in [0.2, 0.25) is 0 Å². The highest BCUT2D eigenvalue weighted by molar-refractivity contribution is 7.17. The molecule has 3 rings (SSSR count). The van der Waals surface area contributed by atoms with E-state index in [-0.39, 0.29) is 0 Å². The van der Waals surface area contributed by atoms with E-state index in [0.29, 0.717) is 4.88 Å². The molecule has 1 aliphatic heterocycles. The number of benzene rings is 1. The second kappa shape index (κ2) is 5.77. The van der Waals surface area contributed by atoms with Gasteiger partial charge in [-0.1, -0.05) is 12.1 Å². The maximum Gasteiger partial charge on any atom is 0.345 e. The molecule has 2 heterocycles. The van der Waals surface area contributed by atoms with Gasteiger partial charge in [0, 0.05) is 31.9 Å². The maximum atomic E-state index is 10.9. The summed E-state index contributed by atoms with van der Waals surface area (Å²) >= 11 is 1.35. The van der Waals surface area contributed by atoms with Crippen LogP contribution >= 0.6 is 11.3 Å². The Morgan fingerprint density at radius 3 is 2.43 bits per heavy atom. The molecule has 0 radical (unpaired) electrons. The zero-order valence-electron chi connectivity index (χ0n) is 12.0. The maximum absolute atomic E-state index is 10.9. The molecule has 0 atom stereocenters. The van der Waals surface area contributed by atoms with Crippen molar-refractivity contribution in [3.63, 3.8) is 0 Å². The minimum absolute atomic E-state index is 0.408. The molecule has 4 nitrogen and oxygen atoms in total. The van der Waals surface area contributed by atoms with E-state index < -0.39 is 5.97 Å². The molecule has 0 spiro atoms. The SMILES string of the molecule is Cc1cccc(N2CCN(c3ccc(C(=O)O)s3)CC2)c1. The molecule has 21 heavy (non-hydrogen) atoms. The van der Waals surface area contributed by atoms with Crippen molar-refractivity contribution in [3.05, 3.63) is 46.8 Å². The number of aryl methyl sites for hydroxylation is 1. The van der Waals surface area contributed by atoms with Gasteiger partial charge in [0.05, 0.1) is 5.00 Å². The fraction of sp³-hybridized carbons (Fsp3) is 0.312. The molecule has 1 aromatic carbocycles. The van der Waals surface area contributed by atoms with Gasteiger partial charge in [-0.3, -0.25) is 0 Å². The number of carbonyl (C=O) groups is 1. The molecule has 0 aliphatic carbocycles. The molecule has 1 saturated heterocycles. The lowest BCUT2D eigenvalue weighted by Crippen LogP contribution is -2.46. The smallest absolute Gasteiger partial charge is 0.345 e. The van der Waals surface area contributed by atoms with Gasteiger partial charge in [0.25, 0.3) is 0 Å². The summed E-state index contributed by atoms with van der Waals surface area (Å²) in [6.45, 7) is 5.88. The Kier molecular flexibility index (Phi) is 3.84. The van der Waals surface area contributed by atoms with Crippen LogP contribution in [0.3, 0.4) is 0 Å². The predicted octanol–water partition coefficient (Wildman–Crippen LogP) is 3.08. The number of carboxylic acid groups (broad SMARTS) is 1. The first-order chi connectivity index (χ1) is 10.1. The third-order valence-electron chi connectivity index (χ3n) is 3.76. The lowest BCUT2D eigenvalue weighted by Gasteiger charge is -2.36. The molecule has 0 unspecified atom stereocenters. The summed E-state index contributed by atoms with van der Waals surface area (Å²) in [5, 5.41) is 10.0. The normalized spacial score (nSPS) is 15.3. The second-order valence-electron chi connectivity index (χ2n) is 5.26. The molecule has 0 amide bonds. The Morgan fingerprint density at radius 2 is 1.81 bits per heavy atom. The molecule has 2 aromatic rings. The number of hydrogen-bond acceptors (Lipinski definition) is 4. The van der Waals surface area contributed by atoms with Crippen LogP contribution in [0.15, 0.2) is 36.4 Å². The van der Waals surface area contributed by atoms with Gasteiger partial charge in [-0.05, 0) is 36.8 Å². The number of anilines is 2. The summed E-state index contributed by atoms with van der Waals surface area (Å²) in [7, 11) is 0. The molecule has 1 N–H and O–H groups in total. The average molecular weight is 302 g/mol. The number of thiophene rings is 1. The highest BCUT2D eigenvalue weighted by Crippen LogP contribution is 2.28. The summed E-state index contributed by atoms with van der Waals surface area (Å²) in [5.41, 5.74) is 2.55. The largest absolute Gasteiger partial charge is 0.477 e. The third-order valence-corrected chi connectivity index (χ3v) is 4.89. The lowest BCUT2D eigenvalue weighted by atomic mass is 10.2. The van der Waals surface area contributed by atoms with E-state index in [9.17, 15) is 4.79 Å². The first kappa shape index (κ1) is 13.9. The van der Waals surface area contributed by atoms with E-state index in [2.05, 4.69) is 41.0 Å². The van der Waals surface area contributed by atoms with Gasteiger partial charge in [0.1, 0.15) is 4.88 Å². The van der Waals surface area contributed by atoms with Crippen LogP contribution in [0.1, 0.15) is 15.2 Å². The fourth-order valence-corrected chi connectivity index (χ4v) is 3.52. The molecule has 110 valence electrons. The number of hydrogen-bond donors (Lipinski definition) is 1. The van der Waals surface area contributed by atoms with E-state index in [0.717, 1.165) is 31.2 Å². The van der Waals surface area contributed by atoms with Crippen LogP contribution in [-0.2, 0) is 0 Å². The van der Waals surface area contributed by atoms with Crippen LogP contribution in [0, 0.1) is 6.92 Å². The van der Waals surface area contributed by atoms with E-state index in [1.807, 2.05) is 6.07 Å². The minimum Gasteiger partial charge on any atom is -0.477 e. The first-order valence-electron chi connectivity index (χ1n) is 7.03. The van der Waals surface area contributed by atoms with Crippen molar-refractivity contribution in [2.45, 2.75) is 6.92 Å². The standard InChI is InChI=1S/C16H18N2O2S/c1-12-3-2-4-13(11-12)17-7-9-18(10-8-17)15-6-5-14(21-15)16(19)20/h2-6,11H,7-10H2,1H3,(H,19,20). The van der Waals surface area contributed by atoms with Gasteiger partial charge in [-0.2, -0.15) is 0 Å². The van der Waals surface area contributed by atoms with Gasteiger partial charge in [-0.25, -0.2) is 4.79 Å². The number of rotatable bonds is 3. The van der Waals surface area contributed by atoms with Crippen LogP contribution in [-0.4, -0.2) is 37.3 Å². The molecular weight excluding hydrogens is 284 g/mol. The highest BCUT2D eigenvalue weighted by Gasteiger charge is 2.19. The quantitative estimate of drug-likeness (QED) is 0.946. The highest BCUT2D eigenvalue weighted by atomic mass is 32.1. The Labute approximate surface area is 128 Å². The van der Waals surface area contributed by atoms with Crippen molar-refractivity contribution in [3.8, 4) is 0 Å². The Bertz CT molecular complexity index is 645. The van der Waals surface area contributed by atoms with Crippen molar-refractivity contribution < 1.29 is 9.90 Å². The van der Waals surface area contributed by atoms with Crippen LogP contribution in [0.2, 0.25) is 0 Å². The summed E-state index contributed by atoms with van der Waals surface area (Å²) in [6, 6.07) is 12.2. The van der Waals surface area contributed by atoms with E-state index in [1.54, 1.807) is 6.07 Å². The van der Waals surface area contributed by atoms with Gasteiger partial charge >= 0.3 is 5.97 Å². The summed E-state index contributed by atoms with van der Waals surface area (Å²) in [4.78, 5) is 16.0. The lowest BCUT2D eigenvalue weighted by molar-refractivity contribution is 0.0702. The first-order valence-corrected chi connectivity index (χ1v) is 7.85. The predicted molar refractivity (Wildman–Crippen MR) is 86.9 cm³/mol. The van der Waals surface area contributed by atoms with Gasteiger partial charge in [0.15, 0.2) is 0 Å². The van der Waals surface area contributed by atoms with Crippen molar-refractivity contribution >= 4 is 28.0 Å². The van der Waals surface area contributed by atoms with Gasteiger partial charge in [-0.15, -0.1) is 11.3 Å². The van der Waals surface area contributed by atoms with Gasteiger partial charge < -0.3 is 14.9 Å². The zero-order valence-corrected chi connectivity index (χ0v) is 12.8. The van der Waals surface area contributed by atoms with Crippen molar-refractivity contribution in [2.75, 3.05) is 36.0 Å². The Balaban J connectivity index is 1.66. The van der Waals surface area contributed by atoms with E-state index >= 15 is 0 Å². The summed E-state index contributed by atoms with van der Waals surface area (Å²) in [5.74, 6) is -0.843. The fourth-order valence-electron chi connectivity index (χ4n) is 2.62.